The quantitative estimate of drug-likeness (QED) is 0.734. The van der Waals surface area contributed by atoms with Crippen molar-refractivity contribution in [2.24, 2.45) is 0 Å². The molecule has 3 rings (SSSR count). The minimum absolute atomic E-state index is 0.0285. The summed E-state index contributed by atoms with van der Waals surface area (Å²) in [5, 5.41) is 0. The van der Waals surface area contributed by atoms with Crippen LogP contribution in [0.5, 0.6) is 11.5 Å². The number of anilines is 1. The van der Waals surface area contributed by atoms with Crippen LogP contribution in [0, 0.1) is 0 Å². The molecule has 142 valence electrons. The van der Waals surface area contributed by atoms with E-state index >= 15 is 0 Å². The fourth-order valence-corrected chi connectivity index (χ4v) is 3.13. The van der Waals surface area contributed by atoms with Gasteiger partial charge in [0.1, 0.15) is 11.5 Å². The zero-order valence-electron chi connectivity index (χ0n) is 15.7. The van der Waals surface area contributed by atoms with E-state index in [-0.39, 0.29) is 18.3 Å². The van der Waals surface area contributed by atoms with E-state index in [1.807, 2.05) is 24.3 Å². The molecule has 6 nitrogen and oxygen atoms in total. The van der Waals surface area contributed by atoms with Crippen molar-refractivity contribution in [2.75, 3.05) is 44.8 Å². The van der Waals surface area contributed by atoms with Crippen molar-refractivity contribution in [3.63, 3.8) is 0 Å². The fourth-order valence-electron chi connectivity index (χ4n) is 3.13. The molecule has 0 aromatic heterocycles. The number of rotatable bonds is 6. The van der Waals surface area contributed by atoms with Gasteiger partial charge in [-0.05, 0) is 31.2 Å². The molecule has 0 radical (unpaired) electrons. The molecular weight excluding hydrogens is 344 g/mol. The van der Waals surface area contributed by atoms with Gasteiger partial charge in [0.25, 0.3) is 5.91 Å². The van der Waals surface area contributed by atoms with Crippen LogP contribution in [0.15, 0.2) is 48.5 Å². The van der Waals surface area contributed by atoms with E-state index in [1.165, 1.54) is 6.92 Å². The summed E-state index contributed by atoms with van der Waals surface area (Å²) in [6, 6.07) is 14.8. The number of benzene rings is 2. The monoisotopic (exact) mass is 368 g/mol. The summed E-state index contributed by atoms with van der Waals surface area (Å²) in [5.74, 6) is 1.29. The van der Waals surface area contributed by atoms with Gasteiger partial charge < -0.3 is 19.3 Å². The molecule has 0 N–H and O–H groups in total. The van der Waals surface area contributed by atoms with Crippen LogP contribution in [0.2, 0.25) is 0 Å². The third-order valence-corrected chi connectivity index (χ3v) is 4.66. The maximum Gasteiger partial charge on any atom is 0.260 e. The molecular formula is C21H24N2O4. The van der Waals surface area contributed by atoms with Gasteiger partial charge in [-0.3, -0.25) is 9.59 Å². The highest BCUT2D eigenvalue weighted by Crippen LogP contribution is 2.28. The number of nitrogens with zero attached hydrogens (tertiary/aromatic N) is 2. The number of carbonyl (C=O) groups is 2. The number of methoxy groups -OCH3 is 1. The molecule has 2 aromatic rings. The predicted molar refractivity (Wildman–Crippen MR) is 104 cm³/mol. The van der Waals surface area contributed by atoms with Crippen molar-refractivity contribution >= 4 is 17.4 Å². The summed E-state index contributed by atoms with van der Waals surface area (Å²) in [5.41, 5.74) is 1.62. The van der Waals surface area contributed by atoms with Crippen LogP contribution in [0.1, 0.15) is 17.3 Å². The second-order valence-electron chi connectivity index (χ2n) is 6.41. The SMILES string of the molecule is COc1ccccc1N1CCN(C(=O)COc2cccc(C(C)=O)c2)CC1. The number of carbonyl (C=O) groups excluding carboxylic acids is 2. The lowest BCUT2D eigenvalue weighted by Crippen LogP contribution is -2.50. The van der Waals surface area contributed by atoms with E-state index in [0.717, 1.165) is 24.5 Å². The normalized spacial score (nSPS) is 14.0. The first-order valence-electron chi connectivity index (χ1n) is 8.98. The van der Waals surface area contributed by atoms with E-state index in [4.69, 9.17) is 9.47 Å². The van der Waals surface area contributed by atoms with Crippen LogP contribution in [0.4, 0.5) is 5.69 Å². The first-order valence-corrected chi connectivity index (χ1v) is 8.98. The van der Waals surface area contributed by atoms with Crippen molar-refractivity contribution in [3.8, 4) is 11.5 Å². The molecule has 0 unspecified atom stereocenters. The average molecular weight is 368 g/mol. The molecule has 0 saturated carbocycles. The highest BCUT2D eigenvalue weighted by Gasteiger charge is 2.23. The lowest BCUT2D eigenvalue weighted by Gasteiger charge is -2.36. The smallest absolute Gasteiger partial charge is 0.260 e. The second-order valence-corrected chi connectivity index (χ2v) is 6.41. The van der Waals surface area contributed by atoms with Crippen LogP contribution in [-0.2, 0) is 4.79 Å². The standard InChI is InChI=1S/C21H24N2O4/c1-16(24)17-6-5-7-18(14-17)27-15-21(25)23-12-10-22(11-13-23)19-8-3-4-9-20(19)26-2/h3-9,14H,10-13,15H2,1-2H3. The lowest BCUT2D eigenvalue weighted by atomic mass is 10.1. The van der Waals surface area contributed by atoms with Crippen LogP contribution >= 0.6 is 0 Å². The summed E-state index contributed by atoms with van der Waals surface area (Å²) >= 11 is 0. The van der Waals surface area contributed by atoms with E-state index in [9.17, 15) is 9.59 Å². The summed E-state index contributed by atoms with van der Waals surface area (Å²) in [4.78, 5) is 27.9. The van der Waals surface area contributed by atoms with E-state index < -0.39 is 0 Å². The largest absolute Gasteiger partial charge is 0.495 e. The van der Waals surface area contributed by atoms with Gasteiger partial charge in [0.2, 0.25) is 0 Å². The maximum atomic E-state index is 12.4. The van der Waals surface area contributed by atoms with Crippen LogP contribution in [0.3, 0.4) is 0 Å². The van der Waals surface area contributed by atoms with E-state index in [0.29, 0.717) is 24.4 Å². The molecule has 0 aliphatic carbocycles. The molecule has 6 heteroatoms. The first kappa shape index (κ1) is 18.8. The lowest BCUT2D eigenvalue weighted by molar-refractivity contribution is -0.133. The molecule has 0 atom stereocenters. The second kappa shape index (κ2) is 8.58. The van der Waals surface area contributed by atoms with Gasteiger partial charge in [0.05, 0.1) is 12.8 Å². The number of para-hydroxylation sites is 2. The molecule has 1 fully saturated rings. The minimum Gasteiger partial charge on any atom is -0.495 e. The Morgan fingerprint density at radius 1 is 1.00 bits per heavy atom. The maximum absolute atomic E-state index is 12.4. The summed E-state index contributed by atoms with van der Waals surface area (Å²) in [6.45, 7) is 4.22. The van der Waals surface area contributed by atoms with Gasteiger partial charge in [-0.25, -0.2) is 0 Å². The number of Topliss-reactive ketones (excluding diaryl/α,β-unsaturated/α-hetero) is 1. The van der Waals surface area contributed by atoms with Crippen LogP contribution < -0.4 is 14.4 Å². The molecule has 1 saturated heterocycles. The Kier molecular flexibility index (Phi) is 5.96. The number of piperazine rings is 1. The number of ether oxygens (including phenoxy) is 2. The number of ketones is 1. The number of hydrogen-bond donors (Lipinski definition) is 0. The molecule has 27 heavy (non-hydrogen) atoms. The molecule has 1 heterocycles. The molecule has 0 bridgehead atoms. The first-order chi connectivity index (χ1) is 13.1. The van der Waals surface area contributed by atoms with Gasteiger partial charge in [0, 0.05) is 31.7 Å². The van der Waals surface area contributed by atoms with E-state index in [2.05, 4.69) is 4.90 Å². The third kappa shape index (κ3) is 4.58. The van der Waals surface area contributed by atoms with Gasteiger partial charge in [0.15, 0.2) is 12.4 Å². The highest BCUT2D eigenvalue weighted by molar-refractivity contribution is 5.94. The zero-order valence-corrected chi connectivity index (χ0v) is 15.7. The fraction of sp³-hybridized carbons (Fsp3) is 0.333. The Labute approximate surface area is 159 Å². The Hall–Kier alpha value is -3.02. The van der Waals surface area contributed by atoms with Gasteiger partial charge in [-0.15, -0.1) is 0 Å². The van der Waals surface area contributed by atoms with Crippen molar-refractivity contribution in [2.45, 2.75) is 6.92 Å². The third-order valence-electron chi connectivity index (χ3n) is 4.66. The highest BCUT2D eigenvalue weighted by atomic mass is 16.5. The Morgan fingerprint density at radius 3 is 2.44 bits per heavy atom. The topological polar surface area (TPSA) is 59.1 Å². The molecule has 1 amide bonds. The molecule has 1 aliphatic heterocycles. The van der Waals surface area contributed by atoms with Crippen molar-refractivity contribution in [1.82, 2.24) is 4.90 Å². The van der Waals surface area contributed by atoms with Crippen LogP contribution in [-0.4, -0.2) is 56.5 Å². The molecule has 0 spiro atoms. The van der Waals surface area contributed by atoms with E-state index in [1.54, 1.807) is 36.3 Å². The van der Waals surface area contributed by atoms with Crippen molar-refractivity contribution < 1.29 is 19.1 Å². The van der Waals surface area contributed by atoms with Gasteiger partial charge in [-0.1, -0.05) is 24.3 Å². The van der Waals surface area contributed by atoms with Crippen molar-refractivity contribution in [1.29, 1.82) is 0 Å². The summed E-state index contributed by atoms with van der Waals surface area (Å²) in [7, 11) is 1.66. The number of amides is 1. The Balaban J connectivity index is 1.53. The molecule has 1 aliphatic rings. The van der Waals surface area contributed by atoms with Crippen LogP contribution in [0.25, 0.3) is 0 Å². The van der Waals surface area contributed by atoms with Gasteiger partial charge >= 0.3 is 0 Å². The zero-order chi connectivity index (χ0) is 19.2. The minimum atomic E-state index is -0.0529. The average Bonchev–Trinajstić information content (AvgIpc) is 2.72. The predicted octanol–water partition coefficient (Wildman–Crippen LogP) is 2.63. The Bertz CT molecular complexity index is 813. The summed E-state index contributed by atoms with van der Waals surface area (Å²) < 4.78 is 11.0. The number of hydrogen-bond acceptors (Lipinski definition) is 5. The van der Waals surface area contributed by atoms with Gasteiger partial charge in [-0.2, -0.15) is 0 Å². The molecule has 2 aromatic carbocycles. The Morgan fingerprint density at radius 2 is 1.74 bits per heavy atom. The van der Waals surface area contributed by atoms with Crippen molar-refractivity contribution in [3.05, 3.63) is 54.1 Å². The summed E-state index contributed by atoms with van der Waals surface area (Å²) in [6.07, 6.45) is 0.